The highest BCUT2D eigenvalue weighted by molar-refractivity contribution is 5.69. The van der Waals surface area contributed by atoms with Crippen molar-refractivity contribution in [3.8, 4) is 0 Å². The van der Waals surface area contributed by atoms with Gasteiger partial charge in [0.25, 0.3) is 0 Å². The third-order valence-corrected chi connectivity index (χ3v) is 6.24. The Morgan fingerprint density at radius 3 is 2.47 bits per heavy atom. The average Bonchev–Trinajstić information content (AvgIpc) is 3.10. The van der Waals surface area contributed by atoms with Crippen LogP contribution in [0, 0.1) is 27.8 Å². The number of hydrogen-bond donors (Lipinski definition) is 3. The van der Waals surface area contributed by atoms with Crippen molar-refractivity contribution in [1.29, 1.82) is 0 Å². The number of nitrogens with one attached hydrogen (secondary N) is 2. The van der Waals surface area contributed by atoms with Gasteiger partial charge in [0, 0.05) is 10.5 Å². The molecule has 1 aliphatic heterocycles. The van der Waals surface area contributed by atoms with E-state index in [9.17, 15) is 29.2 Å². The first kappa shape index (κ1) is 25.3. The summed E-state index contributed by atoms with van der Waals surface area (Å²) < 4.78 is 20.3. The molecule has 2 aromatic rings. The number of aliphatic carboxylic acids is 1. The molecule has 3 N–H and O–H groups in total. The zero-order valence-corrected chi connectivity index (χ0v) is 18.9. The molecule has 0 bridgehead atoms. The van der Waals surface area contributed by atoms with Gasteiger partial charge in [-0.3, -0.25) is 25.0 Å². The van der Waals surface area contributed by atoms with Crippen LogP contribution in [0.4, 0.5) is 4.39 Å². The van der Waals surface area contributed by atoms with E-state index in [0.717, 1.165) is 0 Å². The molecule has 0 aliphatic carbocycles. The van der Waals surface area contributed by atoms with Crippen molar-refractivity contribution in [2.75, 3.05) is 0 Å². The normalized spacial score (nSPS) is 25.1. The number of carbonyl (C=O) groups excluding carboxylic acids is 1. The minimum absolute atomic E-state index is 0.170. The number of carbonyl (C=O) groups is 2. The molecule has 0 saturated carbocycles. The molecular weight excluding hydrogens is 445 g/mol. The summed E-state index contributed by atoms with van der Waals surface area (Å²) in [6, 6.07) is 12.4. The summed E-state index contributed by atoms with van der Waals surface area (Å²) in [5.41, 5.74) is -0.829. The van der Waals surface area contributed by atoms with Crippen molar-refractivity contribution in [2.24, 2.45) is 11.8 Å². The number of hydrogen-bond acceptors (Lipinski definition) is 6. The molecule has 3 rings (SSSR count). The van der Waals surface area contributed by atoms with E-state index in [1.165, 1.54) is 6.07 Å². The molecule has 0 aromatic heterocycles. The molecule has 1 fully saturated rings. The zero-order chi connectivity index (χ0) is 24.9. The van der Waals surface area contributed by atoms with E-state index >= 15 is 0 Å². The molecule has 9 nitrogen and oxygen atoms in total. The Morgan fingerprint density at radius 2 is 1.91 bits per heavy atom. The van der Waals surface area contributed by atoms with Crippen LogP contribution in [-0.2, 0) is 20.9 Å². The lowest BCUT2D eigenvalue weighted by molar-refractivity contribution is -0.536. The standard InChI is InChI=1S/C24H28FN3O6/c1-15(2)23(34-13-17-10-6-7-11-18(17)25)20-22(28(32)33)21(16-8-4-3-5-9-16)27-24(20,26-14-29)12-19(30)31/h3-11,14-15,20-23,27H,12-13H2,1-2H3,(H,26,29)(H,30,31)/t20-,21-,22-,23-,24+/m0/s1. The van der Waals surface area contributed by atoms with Gasteiger partial charge in [0.1, 0.15) is 17.5 Å². The summed E-state index contributed by atoms with van der Waals surface area (Å²) in [6.45, 7) is 3.40. The smallest absolute Gasteiger partial charge is 0.307 e. The number of carboxylic acids is 1. The molecule has 10 heteroatoms. The lowest BCUT2D eigenvalue weighted by Gasteiger charge is -2.39. The van der Waals surface area contributed by atoms with Crippen molar-refractivity contribution in [3.63, 3.8) is 0 Å². The predicted octanol–water partition coefficient (Wildman–Crippen LogP) is 2.89. The average molecular weight is 474 g/mol. The third kappa shape index (κ3) is 5.23. The molecule has 2 aromatic carbocycles. The van der Waals surface area contributed by atoms with Crippen LogP contribution in [0.1, 0.15) is 37.4 Å². The van der Waals surface area contributed by atoms with Gasteiger partial charge < -0.3 is 15.2 Å². The molecule has 5 atom stereocenters. The van der Waals surface area contributed by atoms with Crippen molar-refractivity contribution in [1.82, 2.24) is 10.6 Å². The summed E-state index contributed by atoms with van der Waals surface area (Å²) in [5.74, 6) is -3.14. The molecule has 0 spiro atoms. The number of halogens is 1. The maximum atomic E-state index is 14.2. The van der Waals surface area contributed by atoms with Gasteiger partial charge in [0.2, 0.25) is 12.5 Å². The number of carboxylic acid groups (broad SMARTS) is 1. The van der Waals surface area contributed by atoms with E-state index < -0.39 is 52.9 Å². The molecule has 182 valence electrons. The van der Waals surface area contributed by atoms with Crippen LogP contribution in [-0.4, -0.2) is 40.2 Å². The molecule has 0 unspecified atom stereocenters. The van der Waals surface area contributed by atoms with Gasteiger partial charge in [0.05, 0.1) is 25.0 Å². The van der Waals surface area contributed by atoms with Crippen LogP contribution in [0.3, 0.4) is 0 Å². The van der Waals surface area contributed by atoms with Crippen molar-refractivity contribution >= 4 is 12.4 Å². The maximum absolute atomic E-state index is 14.2. The summed E-state index contributed by atoms with van der Waals surface area (Å²) in [6.07, 6.45) is -1.17. The van der Waals surface area contributed by atoms with E-state index in [1.807, 2.05) is 0 Å². The largest absolute Gasteiger partial charge is 0.481 e. The molecule has 1 saturated heterocycles. The van der Waals surface area contributed by atoms with E-state index in [1.54, 1.807) is 62.4 Å². The van der Waals surface area contributed by atoms with Crippen molar-refractivity contribution in [3.05, 3.63) is 81.7 Å². The predicted molar refractivity (Wildman–Crippen MR) is 121 cm³/mol. The fourth-order valence-corrected chi connectivity index (χ4v) is 4.84. The number of nitrogens with zero attached hydrogens (tertiary/aromatic N) is 1. The van der Waals surface area contributed by atoms with Gasteiger partial charge in [-0.1, -0.05) is 62.4 Å². The Bertz CT molecular complexity index is 1020. The monoisotopic (exact) mass is 473 g/mol. The van der Waals surface area contributed by atoms with Gasteiger partial charge in [0.15, 0.2) is 0 Å². The lowest BCUT2D eigenvalue weighted by atomic mass is 9.77. The highest BCUT2D eigenvalue weighted by Crippen LogP contribution is 2.44. The van der Waals surface area contributed by atoms with Crippen molar-refractivity contribution in [2.45, 2.75) is 50.7 Å². The highest BCUT2D eigenvalue weighted by atomic mass is 19.1. The Balaban J connectivity index is 2.10. The Hall–Kier alpha value is -3.37. The fraction of sp³-hybridized carbons (Fsp3) is 0.417. The number of rotatable bonds is 11. The van der Waals surface area contributed by atoms with Crippen LogP contribution in [0.25, 0.3) is 0 Å². The number of ether oxygens (including phenoxy) is 1. The number of benzene rings is 2. The van der Waals surface area contributed by atoms with E-state index in [2.05, 4.69) is 10.6 Å². The van der Waals surface area contributed by atoms with Crippen LogP contribution < -0.4 is 10.6 Å². The quantitative estimate of drug-likeness (QED) is 0.260. The van der Waals surface area contributed by atoms with Crippen molar-refractivity contribution < 1.29 is 28.7 Å². The van der Waals surface area contributed by atoms with E-state index in [4.69, 9.17) is 4.74 Å². The van der Waals surface area contributed by atoms with Crippen LogP contribution in [0.2, 0.25) is 0 Å². The van der Waals surface area contributed by atoms with Gasteiger partial charge in [-0.2, -0.15) is 0 Å². The van der Waals surface area contributed by atoms with Gasteiger partial charge in [-0.05, 0) is 17.5 Å². The summed E-state index contributed by atoms with van der Waals surface area (Å²) in [4.78, 5) is 35.4. The summed E-state index contributed by atoms with van der Waals surface area (Å²) >= 11 is 0. The molecule has 1 amide bonds. The fourth-order valence-electron chi connectivity index (χ4n) is 4.84. The number of amides is 1. The maximum Gasteiger partial charge on any atom is 0.307 e. The van der Waals surface area contributed by atoms with E-state index in [-0.39, 0.29) is 18.1 Å². The highest BCUT2D eigenvalue weighted by Gasteiger charge is 2.63. The lowest BCUT2D eigenvalue weighted by Crippen LogP contribution is -2.62. The molecule has 34 heavy (non-hydrogen) atoms. The van der Waals surface area contributed by atoms with Crippen LogP contribution >= 0.6 is 0 Å². The Kier molecular flexibility index (Phi) is 7.95. The molecule has 0 radical (unpaired) electrons. The topological polar surface area (TPSA) is 131 Å². The summed E-state index contributed by atoms with van der Waals surface area (Å²) in [5, 5.41) is 27.7. The van der Waals surface area contributed by atoms with Gasteiger partial charge in [-0.25, -0.2) is 4.39 Å². The molecular formula is C24H28FN3O6. The van der Waals surface area contributed by atoms with Crippen LogP contribution in [0.5, 0.6) is 0 Å². The number of nitro groups is 1. The van der Waals surface area contributed by atoms with E-state index in [0.29, 0.717) is 12.0 Å². The second-order valence-corrected chi connectivity index (χ2v) is 8.75. The third-order valence-electron chi connectivity index (χ3n) is 6.24. The first-order chi connectivity index (χ1) is 16.2. The minimum atomic E-state index is -1.67. The summed E-state index contributed by atoms with van der Waals surface area (Å²) in [7, 11) is 0. The van der Waals surface area contributed by atoms with Gasteiger partial charge in [-0.15, -0.1) is 0 Å². The SMILES string of the molecule is CC(C)[C@H](OCc1ccccc1F)[C@@H]1[C@H]([N+](=O)[O-])[C@H](c2ccccc2)N[C@@]1(CC(=O)O)NC=O. The second-order valence-electron chi connectivity index (χ2n) is 8.75. The molecule has 1 aliphatic rings. The minimum Gasteiger partial charge on any atom is -0.481 e. The Labute approximate surface area is 196 Å². The molecule has 1 heterocycles. The second kappa shape index (κ2) is 10.7. The first-order valence-electron chi connectivity index (χ1n) is 10.9. The zero-order valence-electron chi connectivity index (χ0n) is 18.9. The van der Waals surface area contributed by atoms with Crippen LogP contribution in [0.15, 0.2) is 54.6 Å². The first-order valence-corrected chi connectivity index (χ1v) is 10.9. The van der Waals surface area contributed by atoms with Gasteiger partial charge >= 0.3 is 5.97 Å². The Morgan fingerprint density at radius 1 is 1.26 bits per heavy atom.